The van der Waals surface area contributed by atoms with E-state index in [-0.39, 0.29) is 5.69 Å². The molecule has 1 aliphatic carbocycles. The molecular formula is C16H19N3O. The molecule has 0 unspecified atom stereocenters. The highest BCUT2D eigenvalue weighted by Gasteiger charge is 2.23. The number of benzene rings is 1. The molecule has 1 N–H and O–H groups in total. The number of aromatic nitrogens is 2. The van der Waals surface area contributed by atoms with Crippen LogP contribution in [0.5, 0.6) is 0 Å². The van der Waals surface area contributed by atoms with Crippen LogP contribution in [0.4, 0.5) is 0 Å². The summed E-state index contributed by atoms with van der Waals surface area (Å²) < 4.78 is 1.90. The summed E-state index contributed by atoms with van der Waals surface area (Å²) in [6, 6.07) is 6.17. The molecule has 4 nitrogen and oxygen atoms in total. The van der Waals surface area contributed by atoms with E-state index in [4.69, 9.17) is 5.26 Å². The molecule has 0 atom stereocenters. The average molecular weight is 269 g/mol. The van der Waals surface area contributed by atoms with E-state index in [2.05, 4.69) is 18.0 Å². The first kappa shape index (κ1) is 13.0. The summed E-state index contributed by atoms with van der Waals surface area (Å²) >= 11 is 0. The number of rotatable bonds is 1. The van der Waals surface area contributed by atoms with Gasteiger partial charge in [-0.2, -0.15) is 5.26 Å². The van der Waals surface area contributed by atoms with Gasteiger partial charge in [-0.1, -0.05) is 6.92 Å². The predicted octanol–water partition coefficient (Wildman–Crippen LogP) is 3.26. The van der Waals surface area contributed by atoms with Crippen molar-refractivity contribution in [3.05, 3.63) is 33.7 Å². The van der Waals surface area contributed by atoms with Gasteiger partial charge in [0.25, 0.3) is 0 Å². The van der Waals surface area contributed by atoms with Gasteiger partial charge in [-0.05, 0) is 56.2 Å². The average Bonchev–Trinajstić information content (AvgIpc) is 2.78. The van der Waals surface area contributed by atoms with Gasteiger partial charge in [0.05, 0.1) is 22.7 Å². The number of nitrogens with one attached hydrogen (secondary N) is 1. The first-order chi connectivity index (χ1) is 9.61. The molecule has 0 radical (unpaired) electrons. The van der Waals surface area contributed by atoms with E-state index in [0.29, 0.717) is 11.6 Å². The summed E-state index contributed by atoms with van der Waals surface area (Å²) in [6.07, 6.45) is 4.48. The highest BCUT2D eigenvalue weighted by Crippen LogP contribution is 2.33. The molecule has 0 saturated heterocycles. The Balaban J connectivity index is 2.13. The van der Waals surface area contributed by atoms with Gasteiger partial charge >= 0.3 is 5.69 Å². The molecule has 104 valence electrons. The Hall–Kier alpha value is -2.02. The van der Waals surface area contributed by atoms with E-state index >= 15 is 0 Å². The molecule has 2 aromatic rings. The molecule has 4 heteroatoms. The van der Waals surface area contributed by atoms with Gasteiger partial charge in [0.15, 0.2) is 0 Å². The van der Waals surface area contributed by atoms with E-state index in [1.165, 1.54) is 12.8 Å². The number of hydrogen-bond acceptors (Lipinski definition) is 2. The number of aromatic amines is 1. The maximum absolute atomic E-state index is 12.3. The zero-order valence-corrected chi connectivity index (χ0v) is 11.9. The standard InChI is InChI=1S/C16H19N3O/c1-10-3-6-13(7-4-10)19-14-8-5-12(9-17)11(2)15(14)18-16(19)20/h5,8,10,13H,3-4,6-7H2,1-2H3,(H,18,20). The van der Waals surface area contributed by atoms with Crippen molar-refractivity contribution in [1.82, 2.24) is 9.55 Å². The number of aryl methyl sites for hydroxylation is 1. The molecule has 3 rings (SSSR count). The van der Waals surface area contributed by atoms with Gasteiger partial charge in [-0.3, -0.25) is 4.57 Å². The maximum atomic E-state index is 12.3. The zero-order chi connectivity index (χ0) is 14.3. The number of hydrogen-bond donors (Lipinski definition) is 1. The second-order valence-electron chi connectivity index (χ2n) is 5.96. The summed E-state index contributed by atoms with van der Waals surface area (Å²) in [7, 11) is 0. The molecule has 1 aromatic heterocycles. The fourth-order valence-corrected chi connectivity index (χ4v) is 3.32. The summed E-state index contributed by atoms with van der Waals surface area (Å²) in [5.41, 5.74) is 3.20. The number of nitrogens with zero attached hydrogens (tertiary/aromatic N) is 2. The molecule has 0 amide bonds. The van der Waals surface area contributed by atoms with Crippen LogP contribution in [0.1, 0.15) is 49.8 Å². The number of fused-ring (bicyclic) bond motifs is 1. The second-order valence-corrected chi connectivity index (χ2v) is 5.96. The van der Waals surface area contributed by atoms with Crippen LogP contribution in [0.2, 0.25) is 0 Å². The minimum atomic E-state index is -0.0438. The van der Waals surface area contributed by atoms with Crippen LogP contribution in [0.3, 0.4) is 0 Å². The third kappa shape index (κ3) is 1.94. The minimum absolute atomic E-state index is 0.0438. The quantitative estimate of drug-likeness (QED) is 0.863. The van der Waals surface area contributed by atoms with E-state index in [1.807, 2.05) is 23.6 Å². The van der Waals surface area contributed by atoms with Gasteiger partial charge in [0, 0.05) is 6.04 Å². The second kappa shape index (κ2) is 4.82. The lowest BCUT2D eigenvalue weighted by molar-refractivity contribution is 0.290. The third-order valence-electron chi connectivity index (χ3n) is 4.62. The Morgan fingerprint density at radius 2 is 2.00 bits per heavy atom. The van der Waals surface area contributed by atoms with E-state index < -0.39 is 0 Å². The SMILES string of the molecule is Cc1c(C#N)ccc2c1[nH]c(=O)n2C1CCC(C)CC1. The van der Waals surface area contributed by atoms with Crippen molar-refractivity contribution in [1.29, 1.82) is 5.26 Å². The predicted molar refractivity (Wildman–Crippen MR) is 78.7 cm³/mol. The Labute approximate surface area is 118 Å². The van der Waals surface area contributed by atoms with Crippen LogP contribution in [0, 0.1) is 24.2 Å². The first-order valence-corrected chi connectivity index (χ1v) is 7.25. The summed E-state index contributed by atoms with van der Waals surface area (Å²) in [6.45, 7) is 4.17. The van der Waals surface area contributed by atoms with E-state index in [9.17, 15) is 4.79 Å². The Morgan fingerprint density at radius 1 is 1.30 bits per heavy atom. The highest BCUT2D eigenvalue weighted by atomic mass is 16.1. The lowest BCUT2D eigenvalue weighted by atomic mass is 9.87. The fourth-order valence-electron chi connectivity index (χ4n) is 3.32. The van der Waals surface area contributed by atoms with Crippen molar-refractivity contribution in [2.75, 3.05) is 0 Å². The van der Waals surface area contributed by atoms with Crippen molar-refractivity contribution in [2.24, 2.45) is 5.92 Å². The molecular weight excluding hydrogens is 250 g/mol. The van der Waals surface area contributed by atoms with Crippen molar-refractivity contribution >= 4 is 11.0 Å². The Kier molecular flexibility index (Phi) is 3.13. The molecule has 1 saturated carbocycles. The summed E-state index contributed by atoms with van der Waals surface area (Å²) in [5.74, 6) is 0.763. The van der Waals surface area contributed by atoms with E-state index in [1.54, 1.807) is 0 Å². The number of H-pyrrole nitrogens is 1. The van der Waals surface area contributed by atoms with Gasteiger partial charge in [0.2, 0.25) is 0 Å². The third-order valence-corrected chi connectivity index (χ3v) is 4.62. The van der Waals surface area contributed by atoms with Crippen molar-refractivity contribution in [2.45, 2.75) is 45.6 Å². The van der Waals surface area contributed by atoms with Crippen LogP contribution >= 0.6 is 0 Å². The molecule has 0 bridgehead atoms. The monoisotopic (exact) mass is 269 g/mol. The van der Waals surface area contributed by atoms with Crippen LogP contribution in [0.15, 0.2) is 16.9 Å². The van der Waals surface area contributed by atoms with Gasteiger partial charge in [0.1, 0.15) is 0 Å². The topological polar surface area (TPSA) is 61.6 Å². The van der Waals surface area contributed by atoms with Gasteiger partial charge in [-0.25, -0.2) is 4.79 Å². The number of imidazole rings is 1. The van der Waals surface area contributed by atoms with E-state index in [0.717, 1.165) is 35.4 Å². The molecule has 1 aliphatic rings. The normalized spacial score (nSPS) is 22.9. The largest absolute Gasteiger partial charge is 0.326 e. The molecule has 1 heterocycles. The van der Waals surface area contributed by atoms with Crippen molar-refractivity contribution in [3.63, 3.8) is 0 Å². The maximum Gasteiger partial charge on any atom is 0.326 e. The van der Waals surface area contributed by atoms with Crippen LogP contribution < -0.4 is 5.69 Å². The minimum Gasteiger partial charge on any atom is -0.305 e. The summed E-state index contributed by atoms with van der Waals surface area (Å²) in [4.78, 5) is 15.2. The molecule has 20 heavy (non-hydrogen) atoms. The van der Waals surface area contributed by atoms with Gasteiger partial charge in [-0.15, -0.1) is 0 Å². The lowest BCUT2D eigenvalue weighted by Gasteiger charge is -2.27. The fraction of sp³-hybridized carbons (Fsp3) is 0.500. The summed E-state index contributed by atoms with van der Waals surface area (Å²) in [5, 5.41) is 9.08. The Morgan fingerprint density at radius 3 is 2.65 bits per heavy atom. The zero-order valence-electron chi connectivity index (χ0n) is 11.9. The number of nitriles is 1. The van der Waals surface area contributed by atoms with Crippen molar-refractivity contribution in [3.8, 4) is 6.07 Å². The highest BCUT2D eigenvalue weighted by molar-refractivity contribution is 5.81. The van der Waals surface area contributed by atoms with Crippen LogP contribution in [0.25, 0.3) is 11.0 Å². The Bertz CT molecular complexity index is 739. The van der Waals surface area contributed by atoms with Gasteiger partial charge < -0.3 is 4.98 Å². The smallest absolute Gasteiger partial charge is 0.305 e. The van der Waals surface area contributed by atoms with Crippen LogP contribution in [-0.4, -0.2) is 9.55 Å². The lowest BCUT2D eigenvalue weighted by Crippen LogP contribution is -2.25. The van der Waals surface area contributed by atoms with Crippen LogP contribution in [-0.2, 0) is 0 Å². The molecule has 1 fully saturated rings. The van der Waals surface area contributed by atoms with Crippen molar-refractivity contribution < 1.29 is 0 Å². The first-order valence-electron chi connectivity index (χ1n) is 7.25. The molecule has 0 spiro atoms. The molecule has 0 aliphatic heterocycles. The molecule has 1 aromatic carbocycles.